The van der Waals surface area contributed by atoms with Crippen molar-refractivity contribution in [3.05, 3.63) is 35.5 Å². The molecule has 0 atom stereocenters. The van der Waals surface area contributed by atoms with Crippen LogP contribution in [-0.4, -0.2) is 39.1 Å². The molecule has 0 spiro atoms. The van der Waals surface area contributed by atoms with Crippen LogP contribution in [-0.2, 0) is 22.5 Å². The van der Waals surface area contributed by atoms with Gasteiger partial charge in [0.1, 0.15) is 11.6 Å². The number of amides is 1. The summed E-state index contributed by atoms with van der Waals surface area (Å²) in [4.78, 5) is 12.1. The molecule has 0 unspecified atom stereocenters. The van der Waals surface area contributed by atoms with Crippen LogP contribution in [0.15, 0.2) is 30.5 Å². The number of fused-ring (bicyclic) bond motifs is 1. The van der Waals surface area contributed by atoms with E-state index in [9.17, 15) is 4.79 Å². The number of ether oxygens (including phenoxy) is 1. The molecule has 0 aliphatic carbocycles. The van der Waals surface area contributed by atoms with Gasteiger partial charge in [-0.1, -0.05) is 29.5 Å². The van der Waals surface area contributed by atoms with Gasteiger partial charge in [-0.2, -0.15) is 5.10 Å². The Morgan fingerprint density at radius 1 is 1.35 bits per heavy atom. The maximum atomic E-state index is 12.1. The fourth-order valence-corrected chi connectivity index (χ4v) is 2.85. The van der Waals surface area contributed by atoms with Crippen molar-refractivity contribution in [3.8, 4) is 0 Å². The topological polar surface area (TPSA) is 81.9 Å². The molecule has 1 aromatic carbocycles. The first-order chi connectivity index (χ1) is 11.2. The molecule has 120 valence electrons. The summed E-state index contributed by atoms with van der Waals surface area (Å²) in [7, 11) is 0. The molecule has 7 nitrogen and oxygen atoms in total. The molecular weight excluding hydrogens is 314 g/mol. The van der Waals surface area contributed by atoms with E-state index in [2.05, 4.69) is 20.6 Å². The maximum Gasteiger partial charge on any atom is 0.247 e. The Morgan fingerprint density at radius 3 is 3.04 bits per heavy atom. The van der Waals surface area contributed by atoms with Gasteiger partial charge in [-0.25, -0.2) is 0 Å². The van der Waals surface area contributed by atoms with E-state index in [1.165, 1.54) is 11.3 Å². The Balaban J connectivity index is 1.56. The zero-order chi connectivity index (χ0) is 16.1. The number of aromatic nitrogens is 4. The van der Waals surface area contributed by atoms with E-state index >= 15 is 0 Å². The van der Waals surface area contributed by atoms with E-state index in [-0.39, 0.29) is 12.5 Å². The summed E-state index contributed by atoms with van der Waals surface area (Å²) in [5, 5.41) is 17.5. The minimum Gasteiger partial charge on any atom is -0.381 e. The van der Waals surface area contributed by atoms with E-state index in [1.54, 1.807) is 4.68 Å². The van der Waals surface area contributed by atoms with Gasteiger partial charge in [-0.05, 0) is 13.0 Å². The average molecular weight is 331 g/mol. The smallest absolute Gasteiger partial charge is 0.247 e. The van der Waals surface area contributed by atoms with Crippen molar-refractivity contribution in [1.82, 2.24) is 20.0 Å². The standard InChI is InChI=1S/C15H17N5O2S/c1-2-22-8-7-14-17-18-15(23-14)16-13(21)10-20-9-11-5-3-4-6-12(11)19-20/h3-6,9H,2,7-8,10H2,1H3,(H,16,18,21). The third kappa shape index (κ3) is 4.11. The highest BCUT2D eigenvalue weighted by Crippen LogP contribution is 2.16. The average Bonchev–Trinajstić information content (AvgIpc) is 3.13. The van der Waals surface area contributed by atoms with Crippen molar-refractivity contribution in [3.63, 3.8) is 0 Å². The number of hydrogen-bond acceptors (Lipinski definition) is 6. The lowest BCUT2D eigenvalue weighted by atomic mass is 10.3. The van der Waals surface area contributed by atoms with Gasteiger partial charge in [0.2, 0.25) is 11.0 Å². The molecule has 1 amide bonds. The zero-order valence-electron chi connectivity index (χ0n) is 12.7. The number of benzene rings is 1. The molecule has 2 heterocycles. The SMILES string of the molecule is CCOCCc1nnc(NC(=O)Cn2cc3ccccc3n2)s1. The van der Waals surface area contributed by atoms with Gasteiger partial charge < -0.3 is 4.74 Å². The molecule has 0 aliphatic rings. The fourth-order valence-electron chi connectivity index (χ4n) is 2.11. The van der Waals surface area contributed by atoms with Crippen LogP contribution in [0.25, 0.3) is 10.9 Å². The summed E-state index contributed by atoms with van der Waals surface area (Å²) in [6, 6.07) is 7.75. The second-order valence-corrected chi connectivity index (χ2v) is 5.94. The van der Waals surface area contributed by atoms with Crippen molar-refractivity contribution in [1.29, 1.82) is 0 Å². The summed E-state index contributed by atoms with van der Waals surface area (Å²) in [6.45, 7) is 3.38. The van der Waals surface area contributed by atoms with Gasteiger partial charge in [0.25, 0.3) is 0 Å². The molecule has 0 saturated heterocycles. The number of hydrogen-bond donors (Lipinski definition) is 1. The highest BCUT2D eigenvalue weighted by atomic mass is 32.1. The summed E-state index contributed by atoms with van der Waals surface area (Å²) in [5.74, 6) is -0.176. The molecule has 23 heavy (non-hydrogen) atoms. The Hall–Kier alpha value is -2.32. The van der Waals surface area contributed by atoms with Gasteiger partial charge in [0.15, 0.2) is 0 Å². The highest BCUT2D eigenvalue weighted by molar-refractivity contribution is 7.15. The van der Waals surface area contributed by atoms with Crippen molar-refractivity contribution < 1.29 is 9.53 Å². The second-order valence-electron chi connectivity index (χ2n) is 4.88. The highest BCUT2D eigenvalue weighted by Gasteiger charge is 2.10. The van der Waals surface area contributed by atoms with E-state index in [0.29, 0.717) is 24.8 Å². The number of rotatable bonds is 7. The summed E-state index contributed by atoms with van der Waals surface area (Å²) < 4.78 is 6.90. The van der Waals surface area contributed by atoms with Crippen molar-refractivity contribution >= 4 is 33.3 Å². The van der Waals surface area contributed by atoms with Crippen LogP contribution in [0.2, 0.25) is 0 Å². The van der Waals surface area contributed by atoms with Crippen LogP contribution >= 0.6 is 11.3 Å². The first-order valence-corrected chi connectivity index (χ1v) is 8.18. The Labute approximate surface area is 137 Å². The minimum absolute atomic E-state index is 0.141. The quantitative estimate of drug-likeness (QED) is 0.671. The molecule has 1 N–H and O–H groups in total. The normalized spacial score (nSPS) is 11.0. The third-order valence-corrected chi connectivity index (χ3v) is 4.04. The van der Waals surface area contributed by atoms with Crippen LogP contribution in [0, 0.1) is 0 Å². The first kappa shape index (κ1) is 15.6. The predicted octanol–water partition coefficient (Wildman–Crippen LogP) is 2.11. The van der Waals surface area contributed by atoms with Crippen LogP contribution in [0.5, 0.6) is 0 Å². The number of carbonyl (C=O) groups excluding carboxylic acids is 1. The molecule has 0 fully saturated rings. The molecule has 3 aromatic rings. The molecule has 0 bridgehead atoms. The molecular formula is C15H17N5O2S. The lowest BCUT2D eigenvalue weighted by Gasteiger charge is -2.00. The molecule has 0 radical (unpaired) electrons. The summed E-state index contributed by atoms with van der Waals surface area (Å²) in [6.07, 6.45) is 2.55. The van der Waals surface area contributed by atoms with Crippen LogP contribution in [0.4, 0.5) is 5.13 Å². The van der Waals surface area contributed by atoms with Crippen LogP contribution in [0.3, 0.4) is 0 Å². The number of carbonyl (C=O) groups is 1. The van der Waals surface area contributed by atoms with Crippen molar-refractivity contribution in [2.45, 2.75) is 19.9 Å². The Bertz CT molecular complexity index is 765. The molecule has 0 aliphatic heterocycles. The third-order valence-electron chi connectivity index (χ3n) is 3.14. The monoisotopic (exact) mass is 331 g/mol. The van der Waals surface area contributed by atoms with Crippen LogP contribution in [0.1, 0.15) is 11.9 Å². The summed E-state index contributed by atoms with van der Waals surface area (Å²) >= 11 is 1.36. The lowest BCUT2D eigenvalue weighted by Crippen LogP contribution is -2.18. The van der Waals surface area contributed by atoms with Crippen LogP contribution < -0.4 is 5.32 Å². The first-order valence-electron chi connectivity index (χ1n) is 7.37. The second kappa shape index (κ2) is 7.30. The lowest BCUT2D eigenvalue weighted by molar-refractivity contribution is -0.116. The minimum atomic E-state index is -0.176. The van der Waals surface area contributed by atoms with Gasteiger partial charge in [-0.15, -0.1) is 10.2 Å². The fraction of sp³-hybridized carbons (Fsp3) is 0.333. The Kier molecular flexibility index (Phi) is 4.94. The molecule has 8 heteroatoms. The van der Waals surface area contributed by atoms with E-state index in [0.717, 1.165) is 15.9 Å². The predicted molar refractivity (Wildman–Crippen MR) is 88.5 cm³/mol. The van der Waals surface area contributed by atoms with Gasteiger partial charge in [0.05, 0.1) is 12.1 Å². The molecule has 2 aromatic heterocycles. The number of nitrogens with one attached hydrogen (secondary N) is 1. The number of nitrogens with zero attached hydrogens (tertiary/aromatic N) is 4. The number of anilines is 1. The van der Waals surface area contributed by atoms with Crippen molar-refractivity contribution in [2.75, 3.05) is 18.5 Å². The zero-order valence-corrected chi connectivity index (χ0v) is 13.5. The van der Waals surface area contributed by atoms with E-state index in [1.807, 2.05) is 37.4 Å². The largest absolute Gasteiger partial charge is 0.381 e. The van der Waals surface area contributed by atoms with Gasteiger partial charge in [-0.3, -0.25) is 14.8 Å². The van der Waals surface area contributed by atoms with Gasteiger partial charge >= 0.3 is 0 Å². The molecule has 3 rings (SSSR count). The maximum absolute atomic E-state index is 12.1. The van der Waals surface area contributed by atoms with E-state index < -0.39 is 0 Å². The van der Waals surface area contributed by atoms with Gasteiger partial charge in [0, 0.05) is 24.6 Å². The Morgan fingerprint density at radius 2 is 2.22 bits per heavy atom. The van der Waals surface area contributed by atoms with E-state index in [4.69, 9.17) is 4.74 Å². The van der Waals surface area contributed by atoms with Crippen molar-refractivity contribution in [2.24, 2.45) is 0 Å². The summed E-state index contributed by atoms with van der Waals surface area (Å²) in [5.41, 5.74) is 0.870. The molecule has 0 saturated carbocycles.